The van der Waals surface area contributed by atoms with E-state index in [4.69, 9.17) is 14.2 Å². The third-order valence-electron chi connectivity index (χ3n) is 4.19. The Labute approximate surface area is 135 Å². The zero-order chi connectivity index (χ0) is 16.4. The van der Waals surface area contributed by atoms with E-state index < -0.39 is 17.4 Å². The van der Waals surface area contributed by atoms with Gasteiger partial charge in [0.15, 0.2) is 17.4 Å². The van der Waals surface area contributed by atoms with Crippen LogP contribution in [0.5, 0.6) is 5.75 Å². The fraction of sp³-hybridized carbons (Fsp3) is 0.647. The molecule has 0 unspecified atom stereocenters. The molecule has 0 N–H and O–H groups in total. The Morgan fingerprint density at radius 3 is 2.57 bits per heavy atom. The summed E-state index contributed by atoms with van der Waals surface area (Å²) in [5, 5.41) is 0. The van der Waals surface area contributed by atoms with Crippen LogP contribution in [0.1, 0.15) is 33.1 Å². The third-order valence-corrected chi connectivity index (χ3v) is 4.19. The molecule has 1 atom stereocenters. The quantitative estimate of drug-likeness (QED) is 0.847. The Hall–Kier alpha value is -1.40. The van der Waals surface area contributed by atoms with E-state index in [1.165, 1.54) is 6.07 Å². The van der Waals surface area contributed by atoms with Crippen molar-refractivity contribution >= 4 is 5.69 Å². The van der Waals surface area contributed by atoms with Crippen molar-refractivity contribution in [1.82, 2.24) is 0 Å². The number of ether oxygens (including phenoxy) is 3. The average Bonchev–Trinajstić information content (AvgIpc) is 2.86. The van der Waals surface area contributed by atoms with E-state index in [0.717, 1.165) is 38.4 Å². The molecule has 128 valence electrons. The number of halogens is 2. The van der Waals surface area contributed by atoms with E-state index in [1.807, 2.05) is 18.7 Å². The van der Waals surface area contributed by atoms with E-state index >= 15 is 0 Å². The highest BCUT2D eigenvalue weighted by Gasteiger charge is 2.33. The van der Waals surface area contributed by atoms with Crippen LogP contribution in [0.3, 0.4) is 0 Å². The summed E-state index contributed by atoms with van der Waals surface area (Å²) in [5.41, 5.74) is 0.407. The van der Waals surface area contributed by atoms with Gasteiger partial charge in [-0.2, -0.15) is 0 Å². The van der Waals surface area contributed by atoms with Gasteiger partial charge in [0.25, 0.3) is 0 Å². The van der Waals surface area contributed by atoms with Gasteiger partial charge in [-0.15, -0.1) is 0 Å². The summed E-state index contributed by atoms with van der Waals surface area (Å²) in [6.45, 7) is 5.78. The molecule has 1 aromatic rings. The lowest BCUT2D eigenvalue weighted by Gasteiger charge is -2.29. The maximum atomic E-state index is 14.1. The van der Waals surface area contributed by atoms with Crippen LogP contribution in [-0.2, 0) is 9.47 Å². The monoisotopic (exact) mass is 327 g/mol. The molecule has 2 heterocycles. The zero-order valence-corrected chi connectivity index (χ0v) is 13.6. The second-order valence-corrected chi connectivity index (χ2v) is 6.54. The number of rotatable bonds is 4. The first-order valence-corrected chi connectivity index (χ1v) is 8.13. The molecule has 23 heavy (non-hydrogen) atoms. The summed E-state index contributed by atoms with van der Waals surface area (Å²) in [5.74, 6) is -1.83. The number of hydrogen-bond donors (Lipinski definition) is 0. The van der Waals surface area contributed by atoms with Crippen LogP contribution in [-0.4, -0.2) is 38.2 Å². The first kappa shape index (κ1) is 16.5. The topological polar surface area (TPSA) is 30.9 Å². The van der Waals surface area contributed by atoms with Crippen LogP contribution in [0.25, 0.3) is 0 Å². The molecule has 3 rings (SSSR count). The van der Waals surface area contributed by atoms with Gasteiger partial charge in [0, 0.05) is 25.2 Å². The van der Waals surface area contributed by atoms with Crippen LogP contribution in [0.15, 0.2) is 12.1 Å². The summed E-state index contributed by atoms with van der Waals surface area (Å²) in [6.07, 6.45) is 2.94. The molecule has 2 saturated heterocycles. The molecular formula is C17H23F2NO3. The van der Waals surface area contributed by atoms with Crippen molar-refractivity contribution < 1.29 is 23.0 Å². The van der Waals surface area contributed by atoms with Gasteiger partial charge in [0.1, 0.15) is 18.5 Å². The lowest BCUT2D eigenvalue weighted by molar-refractivity contribution is -0.141. The molecule has 0 amide bonds. The fourth-order valence-corrected chi connectivity index (χ4v) is 3.03. The Morgan fingerprint density at radius 2 is 1.91 bits per heavy atom. The fourth-order valence-electron chi connectivity index (χ4n) is 3.03. The molecule has 0 saturated carbocycles. The van der Waals surface area contributed by atoms with Crippen LogP contribution in [0.2, 0.25) is 0 Å². The van der Waals surface area contributed by atoms with Gasteiger partial charge in [0.05, 0.1) is 12.3 Å². The predicted octanol–water partition coefficient (Wildman–Crippen LogP) is 3.49. The SMILES string of the molecule is CC1(C)OC[C@@H](COc2cc(N3CCCCC3)c(F)cc2F)O1. The van der Waals surface area contributed by atoms with Crippen molar-refractivity contribution in [3.63, 3.8) is 0 Å². The second-order valence-electron chi connectivity index (χ2n) is 6.54. The Morgan fingerprint density at radius 1 is 1.17 bits per heavy atom. The van der Waals surface area contributed by atoms with Gasteiger partial charge in [-0.05, 0) is 33.1 Å². The van der Waals surface area contributed by atoms with Crippen molar-refractivity contribution in [2.75, 3.05) is 31.2 Å². The minimum Gasteiger partial charge on any atom is -0.488 e. The lowest BCUT2D eigenvalue weighted by Crippen LogP contribution is -2.30. The van der Waals surface area contributed by atoms with Crippen LogP contribution in [0, 0.1) is 11.6 Å². The minimum atomic E-state index is -0.693. The van der Waals surface area contributed by atoms with Gasteiger partial charge in [-0.1, -0.05) is 0 Å². The van der Waals surface area contributed by atoms with Gasteiger partial charge >= 0.3 is 0 Å². The summed E-state index contributed by atoms with van der Waals surface area (Å²) >= 11 is 0. The predicted molar refractivity (Wildman–Crippen MR) is 82.8 cm³/mol. The van der Waals surface area contributed by atoms with Gasteiger partial charge < -0.3 is 19.1 Å². The van der Waals surface area contributed by atoms with E-state index in [1.54, 1.807) is 0 Å². The molecule has 0 spiro atoms. The normalized spacial score (nSPS) is 24.0. The highest BCUT2D eigenvalue weighted by molar-refractivity contribution is 5.53. The maximum Gasteiger partial charge on any atom is 0.168 e. The summed E-state index contributed by atoms with van der Waals surface area (Å²) < 4.78 is 44.6. The maximum absolute atomic E-state index is 14.1. The molecule has 4 nitrogen and oxygen atoms in total. The van der Waals surface area contributed by atoms with Crippen molar-refractivity contribution in [3.8, 4) is 5.75 Å². The number of benzene rings is 1. The molecule has 0 aliphatic carbocycles. The largest absolute Gasteiger partial charge is 0.488 e. The summed E-state index contributed by atoms with van der Waals surface area (Å²) in [6, 6.07) is 2.35. The lowest BCUT2D eigenvalue weighted by atomic mass is 10.1. The number of anilines is 1. The van der Waals surface area contributed by atoms with Crippen LogP contribution < -0.4 is 9.64 Å². The van der Waals surface area contributed by atoms with Gasteiger partial charge in [0.2, 0.25) is 0 Å². The molecule has 1 aromatic carbocycles. The second kappa shape index (κ2) is 6.61. The standard InChI is InChI=1S/C17H23F2NO3/c1-17(2)22-11-12(23-17)10-21-16-9-15(13(18)8-14(16)19)20-6-4-3-5-7-20/h8-9,12H,3-7,10-11H2,1-2H3/t12-/m1/s1. The molecule has 0 radical (unpaired) electrons. The first-order valence-electron chi connectivity index (χ1n) is 8.13. The molecule has 2 aliphatic heterocycles. The van der Waals surface area contributed by atoms with Crippen LogP contribution in [0.4, 0.5) is 14.5 Å². The van der Waals surface area contributed by atoms with E-state index in [0.29, 0.717) is 12.3 Å². The zero-order valence-electron chi connectivity index (χ0n) is 13.6. The Kier molecular flexibility index (Phi) is 4.73. The number of hydrogen-bond acceptors (Lipinski definition) is 4. The van der Waals surface area contributed by atoms with Crippen molar-refractivity contribution in [1.29, 1.82) is 0 Å². The van der Waals surface area contributed by atoms with Crippen LogP contribution >= 0.6 is 0 Å². The number of nitrogens with zero attached hydrogens (tertiary/aromatic N) is 1. The molecule has 6 heteroatoms. The molecule has 2 aliphatic rings. The molecular weight excluding hydrogens is 304 g/mol. The molecule has 0 bridgehead atoms. The smallest absolute Gasteiger partial charge is 0.168 e. The average molecular weight is 327 g/mol. The Balaban J connectivity index is 1.69. The summed E-state index contributed by atoms with van der Waals surface area (Å²) in [7, 11) is 0. The van der Waals surface area contributed by atoms with Crippen molar-refractivity contribution in [2.24, 2.45) is 0 Å². The van der Waals surface area contributed by atoms with E-state index in [2.05, 4.69) is 0 Å². The van der Waals surface area contributed by atoms with E-state index in [9.17, 15) is 8.78 Å². The highest BCUT2D eigenvalue weighted by Crippen LogP contribution is 2.31. The number of piperidine rings is 1. The van der Waals surface area contributed by atoms with Gasteiger partial charge in [-0.3, -0.25) is 0 Å². The molecule has 0 aromatic heterocycles. The molecule has 2 fully saturated rings. The van der Waals surface area contributed by atoms with Gasteiger partial charge in [-0.25, -0.2) is 8.78 Å². The van der Waals surface area contributed by atoms with E-state index in [-0.39, 0.29) is 18.5 Å². The van der Waals surface area contributed by atoms with Crippen molar-refractivity contribution in [2.45, 2.75) is 45.0 Å². The minimum absolute atomic E-state index is 0.0558. The Bertz CT molecular complexity index is 559. The third kappa shape index (κ3) is 3.93. The summed E-state index contributed by atoms with van der Waals surface area (Å²) in [4.78, 5) is 1.95. The van der Waals surface area contributed by atoms with Crippen molar-refractivity contribution in [3.05, 3.63) is 23.8 Å². The first-order chi connectivity index (χ1) is 10.9. The highest BCUT2D eigenvalue weighted by atomic mass is 19.1.